The highest BCUT2D eigenvalue weighted by Gasteiger charge is 2.10. The molecule has 0 atom stereocenters. The van der Waals surface area contributed by atoms with E-state index < -0.39 is 5.75 Å². The molecule has 18 heavy (non-hydrogen) atoms. The van der Waals surface area contributed by atoms with Crippen LogP contribution in [-0.2, 0) is 6.54 Å². The van der Waals surface area contributed by atoms with Crippen molar-refractivity contribution in [2.45, 2.75) is 6.54 Å². The Hall–Kier alpha value is -1.63. The molecule has 0 aliphatic rings. The Labute approximate surface area is 118 Å². The number of phenolic OH excluding ortho intramolecular Hbond substituents is 3. The monoisotopic (exact) mass is 357 g/mol. The standard InChI is InChI=1S/C13H12INO3/c14-9-2-4-10(5-3-9)15-7-8-1-6-11(16)13(18)12(8)17/h1-6,15-18H,7H2. The van der Waals surface area contributed by atoms with Crippen molar-refractivity contribution in [1.29, 1.82) is 0 Å². The lowest BCUT2D eigenvalue weighted by Gasteiger charge is -2.10. The maximum absolute atomic E-state index is 9.65. The van der Waals surface area contributed by atoms with Crippen molar-refractivity contribution in [1.82, 2.24) is 0 Å². The van der Waals surface area contributed by atoms with Gasteiger partial charge in [0.15, 0.2) is 11.5 Å². The largest absolute Gasteiger partial charge is 0.504 e. The van der Waals surface area contributed by atoms with E-state index in [1.165, 1.54) is 6.07 Å². The van der Waals surface area contributed by atoms with Gasteiger partial charge in [0.25, 0.3) is 0 Å². The summed E-state index contributed by atoms with van der Waals surface area (Å²) < 4.78 is 1.14. The molecular formula is C13H12INO3. The highest BCUT2D eigenvalue weighted by atomic mass is 127. The second-order valence-electron chi connectivity index (χ2n) is 3.80. The minimum atomic E-state index is -0.489. The summed E-state index contributed by atoms with van der Waals surface area (Å²) in [5.74, 6) is -1.12. The summed E-state index contributed by atoms with van der Waals surface area (Å²) in [6.45, 7) is 0.361. The SMILES string of the molecule is Oc1ccc(CNc2ccc(I)cc2)c(O)c1O. The molecule has 4 N–H and O–H groups in total. The summed E-state index contributed by atoms with van der Waals surface area (Å²) in [7, 11) is 0. The van der Waals surface area contributed by atoms with Gasteiger partial charge in [0.1, 0.15) is 0 Å². The normalized spacial score (nSPS) is 10.3. The molecule has 4 nitrogen and oxygen atoms in total. The van der Waals surface area contributed by atoms with Crippen LogP contribution in [0.4, 0.5) is 5.69 Å². The molecule has 0 unspecified atom stereocenters. The molecule has 2 aromatic rings. The van der Waals surface area contributed by atoms with Gasteiger partial charge in [-0.2, -0.15) is 0 Å². The van der Waals surface area contributed by atoms with E-state index in [0.717, 1.165) is 9.26 Å². The van der Waals surface area contributed by atoms with Gasteiger partial charge in [0, 0.05) is 21.4 Å². The lowest BCUT2D eigenvalue weighted by Crippen LogP contribution is -1.99. The van der Waals surface area contributed by atoms with Gasteiger partial charge in [-0.1, -0.05) is 0 Å². The number of benzene rings is 2. The van der Waals surface area contributed by atoms with Crippen molar-refractivity contribution >= 4 is 28.3 Å². The predicted octanol–water partition coefficient (Wildman–Crippen LogP) is 3.02. The highest BCUT2D eigenvalue weighted by molar-refractivity contribution is 14.1. The van der Waals surface area contributed by atoms with Crippen LogP contribution in [0, 0.1) is 3.57 Å². The summed E-state index contributed by atoms with van der Waals surface area (Å²) in [6.07, 6.45) is 0. The van der Waals surface area contributed by atoms with Gasteiger partial charge >= 0.3 is 0 Å². The quantitative estimate of drug-likeness (QED) is 0.503. The van der Waals surface area contributed by atoms with Crippen molar-refractivity contribution in [3.8, 4) is 17.2 Å². The van der Waals surface area contributed by atoms with E-state index in [0.29, 0.717) is 12.1 Å². The molecule has 0 saturated carbocycles. The summed E-state index contributed by atoms with van der Waals surface area (Å²) in [6, 6.07) is 10.7. The average molecular weight is 357 g/mol. The first-order valence-corrected chi connectivity index (χ1v) is 6.38. The topological polar surface area (TPSA) is 72.7 Å². The zero-order valence-electron chi connectivity index (χ0n) is 9.39. The third-order valence-corrected chi connectivity index (χ3v) is 3.26. The lowest BCUT2D eigenvalue weighted by atomic mass is 10.1. The van der Waals surface area contributed by atoms with Gasteiger partial charge in [-0.15, -0.1) is 0 Å². The molecule has 0 fully saturated rings. The van der Waals surface area contributed by atoms with Crippen LogP contribution in [0.15, 0.2) is 36.4 Å². The number of phenols is 3. The van der Waals surface area contributed by atoms with Crippen LogP contribution in [0.1, 0.15) is 5.56 Å². The molecule has 0 radical (unpaired) electrons. The fourth-order valence-corrected chi connectivity index (χ4v) is 1.88. The summed E-state index contributed by atoms with van der Waals surface area (Å²) in [5.41, 5.74) is 1.44. The fraction of sp³-hybridized carbons (Fsp3) is 0.0769. The van der Waals surface area contributed by atoms with Gasteiger partial charge in [0.2, 0.25) is 5.75 Å². The first kappa shape index (κ1) is 12.8. The van der Waals surface area contributed by atoms with Crippen molar-refractivity contribution in [3.05, 3.63) is 45.5 Å². The minimum absolute atomic E-state index is 0.298. The van der Waals surface area contributed by atoms with Crippen molar-refractivity contribution in [2.24, 2.45) is 0 Å². The Balaban J connectivity index is 2.11. The molecule has 94 valence electrons. The van der Waals surface area contributed by atoms with Crippen molar-refractivity contribution < 1.29 is 15.3 Å². The Morgan fingerprint density at radius 1 is 0.889 bits per heavy atom. The molecule has 0 aromatic heterocycles. The zero-order chi connectivity index (χ0) is 13.1. The van der Waals surface area contributed by atoms with E-state index in [4.69, 9.17) is 0 Å². The van der Waals surface area contributed by atoms with E-state index in [9.17, 15) is 15.3 Å². The van der Waals surface area contributed by atoms with Gasteiger partial charge in [-0.05, 0) is 59.0 Å². The van der Waals surface area contributed by atoms with E-state index in [-0.39, 0.29) is 11.5 Å². The summed E-state index contributed by atoms with van der Waals surface area (Å²) in [4.78, 5) is 0. The molecule has 0 bridgehead atoms. The smallest absolute Gasteiger partial charge is 0.200 e. The number of aromatic hydroxyl groups is 3. The average Bonchev–Trinajstić information content (AvgIpc) is 2.37. The van der Waals surface area contributed by atoms with Crippen LogP contribution >= 0.6 is 22.6 Å². The molecule has 0 saturated heterocycles. The summed E-state index contributed by atoms with van der Waals surface area (Å²) in [5, 5.41) is 31.4. The van der Waals surface area contributed by atoms with E-state index in [1.54, 1.807) is 6.07 Å². The third kappa shape index (κ3) is 2.79. The molecule has 2 rings (SSSR count). The second-order valence-corrected chi connectivity index (χ2v) is 5.05. The van der Waals surface area contributed by atoms with Crippen LogP contribution in [0.2, 0.25) is 0 Å². The van der Waals surface area contributed by atoms with Gasteiger partial charge < -0.3 is 20.6 Å². The van der Waals surface area contributed by atoms with Crippen LogP contribution in [0.3, 0.4) is 0 Å². The Morgan fingerprint density at radius 3 is 2.22 bits per heavy atom. The number of hydrogen-bond donors (Lipinski definition) is 4. The second kappa shape index (κ2) is 5.34. The lowest BCUT2D eigenvalue weighted by molar-refractivity contribution is 0.365. The highest BCUT2D eigenvalue weighted by Crippen LogP contribution is 2.37. The predicted molar refractivity (Wildman–Crippen MR) is 77.9 cm³/mol. The maximum atomic E-state index is 9.65. The molecule has 0 amide bonds. The molecule has 0 heterocycles. The first-order chi connectivity index (χ1) is 8.58. The molecule has 0 aliphatic carbocycles. The van der Waals surface area contributed by atoms with Crippen LogP contribution in [0.5, 0.6) is 17.2 Å². The molecule has 5 heteroatoms. The number of nitrogens with one attached hydrogen (secondary N) is 1. The molecule has 2 aromatic carbocycles. The maximum Gasteiger partial charge on any atom is 0.200 e. The van der Waals surface area contributed by atoms with Crippen molar-refractivity contribution in [2.75, 3.05) is 5.32 Å². The molecular weight excluding hydrogens is 345 g/mol. The van der Waals surface area contributed by atoms with Crippen LogP contribution in [-0.4, -0.2) is 15.3 Å². The van der Waals surface area contributed by atoms with Crippen LogP contribution < -0.4 is 5.32 Å². The van der Waals surface area contributed by atoms with Crippen LogP contribution in [0.25, 0.3) is 0 Å². The summed E-state index contributed by atoms with van der Waals surface area (Å²) >= 11 is 2.22. The first-order valence-electron chi connectivity index (χ1n) is 5.30. The minimum Gasteiger partial charge on any atom is -0.504 e. The molecule has 0 aliphatic heterocycles. The number of rotatable bonds is 3. The van der Waals surface area contributed by atoms with E-state index in [1.807, 2.05) is 24.3 Å². The fourth-order valence-electron chi connectivity index (χ4n) is 1.52. The van der Waals surface area contributed by atoms with Gasteiger partial charge in [0.05, 0.1) is 0 Å². The number of hydrogen-bond acceptors (Lipinski definition) is 4. The molecule has 0 spiro atoms. The number of anilines is 1. The third-order valence-electron chi connectivity index (χ3n) is 2.54. The Bertz CT molecular complexity index is 555. The Morgan fingerprint density at radius 2 is 1.56 bits per heavy atom. The zero-order valence-corrected chi connectivity index (χ0v) is 11.5. The number of halogens is 1. The van der Waals surface area contributed by atoms with E-state index in [2.05, 4.69) is 27.9 Å². The van der Waals surface area contributed by atoms with Gasteiger partial charge in [-0.3, -0.25) is 0 Å². The van der Waals surface area contributed by atoms with Gasteiger partial charge in [-0.25, -0.2) is 0 Å². The van der Waals surface area contributed by atoms with E-state index >= 15 is 0 Å². The Kier molecular flexibility index (Phi) is 3.81. The van der Waals surface area contributed by atoms with Crippen molar-refractivity contribution in [3.63, 3.8) is 0 Å².